The van der Waals surface area contributed by atoms with E-state index in [4.69, 9.17) is 16.9 Å². The molecule has 0 aliphatic rings. The van der Waals surface area contributed by atoms with E-state index >= 15 is 0 Å². The number of aromatic nitrogens is 1. The minimum absolute atomic E-state index is 0.162. The Labute approximate surface area is 120 Å². The van der Waals surface area contributed by atoms with Crippen molar-refractivity contribution in [2.24, 2.45) is 0 Å². The van der Waals surface area contributed by atoms with Crippen LogP contribution in [-0.2, 0) is 6.42 Å². The second-order valence-electron chi connectivity index (χ2n) is 3.96. The monoisotopic (exact) mass is 318 g/mol. The molecule has 108 valence electrons. The lowest BCUT2D eigenvalue weighted by Crippen LogP contribution is -2.05. The first-order chi connectivity index (χ1) is 9.86. The predicted molar refractivity (Wildman–Crippen MR) is 63.8 cm³/mol. The van der Waals surface area contributed by atoms with Gasteiger partial charge in [0.25, 0.3) is 0 Å². The fourth-order valence-corrected chi connectivity index (χ4v) is 1.93. The first kappa shape index (κ1) is 15.2. The van der Waals surface area contributed by atoms with Crippen LogP contribution in [0.5, 0.6) is 0 Å². The van der Waals surface area contributed by atoms with E-state index in [1.807, 2.05) is 0 Å². The molecule has 1 heterocycles. The third-order valence-electron chi connectivity index (χ3n) is 2.60. The summed E-state index contributed by atoms with van der Waals surface area (Å²) in [5.74, 6) is -10.4. The lowest BCUT2D eigenvalue weighted by Gasteiger charge is -2.09. The average Bonchev–Trinajstić information content (AvgIpc) is 2.43. The highest BCUT2D eigenvalue weighted by molar-refractivity contribution is 6.29. The highest BCUT2D eigenvalue weighted by atomic mass is 35.5. The summed E-state index contributed by atoms with van der Waals surface area (Å²) in [4.78, 5) is 3.54. The van der Waals surface area contributed by atoms with Gasteiger partial charge in [0.1, 0.15) is 5.15 Å². The maximum atomic E-state index is 13.7. The highest BCUT2D eigenvalue weighted by Crippen LogP contribution is 2.31. The van der Waals surface area contributed by atoms with Gasteiger partial charge in [-0.1, -0.05) is 11.6 Å². The summed E-state index contributed by atoms with van der Waals surface area (Å²) in [5.41, 5.74) is -1.50. The molecule has 0 saturated heterocycles. The summed E-state index contributed by atoms with van der Waals surface area (Å²) < 4.78 is 66.6. The van der Waals surface area contributed by atoms with Crippen molar-refractivity contribution < 1.29 is 22.0 Å². The molecule has 0 saturated carbocycles. The quantitative estimate of drug-likeness (QED) is 0.361. The van der Waals surface area contributed by atoms with E-state index in [2.05, 4.69) is 4.98 Å². The maximum Gasteiger partial charge on any atom is 0.200 e. The zero-order chi connectivity index (χ0) is 15.7. The topological polar surface area (TPSA) is 36.7 Å². The van der Waals surface area contributed by atoms with Gasteiger partial charge in [0.05, 0.1) is 23.7 Å². The van der Waals surface area contributed by atoms with Gasteiger partial charge >= 0.3 is 0 Å². The molecule has 0 unspecified atom stereocenters. The molecule has 0 radical (unpaired) electrons. The fraction of sp³-hybridized carbons (Fsp3) is 0.0769. The molecule has 0 amide bonds. The summed E-state index contributed by atoms with van der Waals surface area (Å²) in [6.07, 6.45) is -0.162. The Balaban J connectivity index is 2.76. The minimum Gasteiger partial charge on any atom is -0.236 e. The van der Waals surface area contributed by atoms with Gasteiger partial charge in [0, 0.05) is 0 Å². The smallest absolute Gasteiger partial charge is 0.200 e. The van der Waals surface area contributed by atoms with E-state index in [0.717, 1.165) is 6.07 Å². The van der Waals surface area contributed by atoms with Crippen molar-refractivity contribution in [2.45, 2.75) is 6.42 Å². The number of rotatable bonds is 2. The average molecular weight is 319 g/mol. The van der Waals surface area contributed by atoms with Gasteiger partial charge < -0.3 is 0 Å². The van der Waals surface area contributed by atoms with Crippen LogP contribution >= 0.6 is 11.6 Å². The summed E-state index contributed by atoms with van der Waals surface area (Å²) in [5, 5.41) is 8.34. The molecule has 1 aromatic carbocycles. The van der Waals surface area contributed by atoms with Crippen LogP contribution in [-0.4, -0.2) is 4.98 Å². The van der Waals surface area contributed by atoms with Crippen molar-refractivity contribution in [2.75, 3.05) is 0 Å². The van der Waals surface area contributed by atoms with Crippen molar-refractivity contribution in [3.05, 3.63) is 51.9 Å². The number of hydrogen-bond donors (Lipinski definition) is 0. The standard InChI is InChI=1S/C13H4ClF5N2/c14-7-4-5(1-2-20)3-6(21-7)8-9(15)11(17)13(19)12(18)10(8)16/h3-4H,1H2. The molecule has 1 aromatic heterocycles. The number of hydrogen-bond acceptors (Lipinski definition) is 2. The van der Waals surface area contributed by atoms with Gasteiger partial charge in [0.2, 0.25) is 5.82 Å². The molecular weight excluding hydrogens is 315 g/mol. The van der Waals surface area contributed by atoms with E-state index < -0.39 is 40.3 Å². The molecular formula is C13H4ClF5N2. The summed E-state index contributed by atoms with van der Waals surface area (Å²) >= 11 is 5.62. The Morgan fingerprint density at radius 3 is 2.00 bits per heavy atom. The van der Waals surface area contributed by atoms with Crippen molar-refractivity contribution in [1.29, 1.82) is 5.26 Å². The molecule has 0 aliphatic carbocycles. The Bertz CT molecular complexity index is 741. The number of halogens is 6. The Morgan fingerprint density at radius 1 is 0.952 bits per heavy atom. The van der Waals surface area contributed by atoms with E-state index in [1.54, 1.807) is 6.07 Å². The van der Waals surface area contributed by atoms with Crippen LogP contribution in [0.4, 0.5) is 22.0 Å². The van der Waals surface area contributed by atoms with E-state index in [9.17, 15) is 22.0 Å². The van der Waals surface area contributed by atoms with Gasteiger partial charge in [-0.25, -0.2) is 26.9 Å². The summed E-state index contributed by atoms with van der Waals surface area (Å²) in [6.45, 7) is 0. The molecule has 0 aliphatic heterocycles. The number of nitriles is 1. The molecule has 2 aromatic rings. The molecule has 21 heavy (non-hydrogen) atoms. The van der Waals surface area contributed by atoms with Crippen molar-refractivity contribution in [3.8, 4) is 17.3 Å². The third-order valence-corrected chi connectivity index (χ3v) is 2.80. The van der Waals surface area contributed by atoms with Crippen LogP contribution in [0.1, 0.15) is 5.56 Å². The molecule has 0 fully saturated rings. The second-order valence-corrected chi connectivity index (χ2v) is 4.35. The molecule has 0 atom stereocenters. The highest BCUT2D eigenvalue weighted by Gasteiger charge is 2.27. The molecule has 0 spiro atoms. The SMILES string of the molecule is N#CCc1cc(Cl)nc(-c2c(F)c(F)c(F)c(F)c2F)c1. The van der Waals surface area contributed by atoms with Gasteiger partial charge in [-0.2, -0.15) is 5.26 Å². The lowest BCUT2D eigenvalue weighted by molar-refractivity contribution is 0.381. The molecule has 0 N–H and O–H groups in total. The number of nitrogens with zero attached hydrogens (tertiary/aromatic N) is 2. The molecule has 2 nitrogen and oxygen atoms in total. The predicted octanol–water partition coefficient (Wildman–Crippen LogP) is 4.16. The van der Waals surface area contributed by atoms with E-state index in [1.165, 1.54) is 6.07 Å². The van der Waals surface area contributed by atoms with Crippen LogP contribution in [0, 0.1) is 40.4 Å². The number of benzene rings is 1. The van der Waals surface area contributed by atoms with Crippen molar-refractivity contribution >= 4 is 11.6 Å². The van der Waals surface area contributed by atoms with Crippen molar-refractivity contribution in [1.82, 2.24) is 4.98 Å². The maximum absolute atomic E-state index is 13.7. The molecule has 8 heteroatoms. The van der Waals surface area contributed by atoms with Crippen LogP contribution in [0.15, 0.2) is 12.1 Å². The Kier molecular flexibility index (Phi) is 4.09. The van der Waals surface area contributed by atoms with Gasteiger partial charge in [-0.3, -0.25) is 0 Å². The Hall–Kier alpha value is -2.20. The summed E-state index contributed by atoms with van der Waals surface area (Å²) in [7, 11) is 0. The van der Waals surface area contributed by atoms with Crippen LogP contribution in [0.2, 0.25) is 5.15 Å². The van der Waals surface area contributed by atoms with Crippen LogP contribution in [0.3, 0.4) is 0 Å². The van der Waals surface area contributed by atoms with E-state index in [0.29, 0.717) is 0 Å². The first-order valence-corrected chi connectivity index (χ1v) is 5.79. The largest absolute Gasteiger partial charge is 0.236 e. The molecule has 0 bridgehead atoms. The minimum atomic E-state index is -2.26. The fourth-order valence-electron chi connectivity index (χ4n) is 1.70. The van der Waals surface area contributed by atoms with Gasteiger partial charge in [-0.15, -0.1) is 0 Å². The zero-order valence-corrected chi connectivity index (χ0v) is 10.8. The van der Waals surface area contributed by atoms with Crippen LogP contribution < -0.4 is 0 Å². The van der Waals surface area contributed by atoms with Gasteiger partial charge in [-0.05, 0) is 17.7 Å². The normalized spacial score (nSPS) is 10.5. The molecule has 2 rings (SSSR count). The lowest BCUT2D eigenvalue weighted by atomic mass is 10.1. The van der Waals surface area contributed by atoms with E-state index in [-0.39, 0.29) is 17.1 Å². The van der Waals surface area contributed by atoms with Crippen molar-refractivity contribution in [3.63, 3.8) is 0 Å². The van der Waals surface area contributed by atoms with Crippen LogP contribution in [0.25, 0.3) is 11.3 Å². The second kappa shape index (κ2) is 5.66. The first-order valence-electron chi connectivity index (χ1n) is 5.42. The number of pyridine rings is 1. The van der Waals surface area contributed by atoms with Gasteiger partial charge in [0.15, 0.2) is 23.3 Å². The Morgan fingerprint density at radius 2 is 1.48 bits per heavy atom. The third kappa shape index (κ3) is 2.67. The summed E-state index contributed by atoms with van der Waals surface area (Å²) in [6, 6.07) is 4.05. The zero-order valence-electron chi connectivity index (χ0n) is 10.0.